The van der Waals surface area contributed by atoms with Gasteiger partial charge in [-0.05, 0) is 49.7 Å². The summed E-state index contributed by atoms with van der Waals surface area (Å²) in [5.41, 5.74) is 1.91. The number of hydrogen-bond donors (Lipinski definition) is 1. The van der Waals surface area contributed by atoms with Crippen LogP contribution in [0.15, 0.2) is 78.9 Å². The summed E-state index contributed by atoms with van der Waals surface area (Å²) < 4.78 is 32.3. The van der Waals surface area contributed by atoms with E-state index >= 15 is 0 Å². The fourth-order valence-electron chi connectivity index (χ4n) is 3.24. The molecule has 3 aromatic rings. The zero-order chi connectivity index (χ0) is 22.4. The monoisotopic (exact) mass is 438 g/mol. The normalized spacial score (nSPS) is 12.1. The van der Waals surface area contributed by atoms with Crippen molar-refractivity contribution in [3.63, 3.8) is 0 Å². The van der Waals surface area contributed by atoms with Gasteiger partial charge in [-0.25, -0.2) is 8.42 Å². The van der Waals surface area contributed by atoms with Crippen molar-refractivity contribution in [3.8, 4) is 11.5 Å². The summed E-state index contributed by atoms with van der Waals surface area (Å²) in [6.45, 7) is 3.70. The molecule has 7 heteroatoms. The summed E-state index contributed by atoms with van der Waals surface area (Å²) in [7, 11) is -3.70. The van der Waals surface area contributed by atoms with Gasteiger partial charge in [-0.2, -0.15) is 0 Å². The number of amides is 1. The number of anilines is 2. The van der Waals surface area contributed by atoms with E-state index in [0.29, 0.717) is 29.3 Å². The molecular weight excluding hydrogens is 412 g/mol. The van der Waals surface area contributed by atoms with Crippen LogP contribution < -0.4 is 14.4 Å². The standard InChI is InChI=1S/C24H26N2O4S/c1-4-22(26(31(3,28)29)19-16-14-18(2)15-17-19)24(27)25-21-12-8-9-13-23(21)30-20-10-6-5-7-11-20/h5-17,22H,4H2,1-3H3,(H,25,27)/t22-/m1/s1. The molecule has 0 bridgehead atoms. The minimum atomic E-state index is -3.70. The van der Waals surface area contributed by atoms with Gasteiger partial charge in [-0.1, -0.05) is 55.0 Å². The third-order valence-corrected chi connectivity index (χ3v) is 5.91. The van der Waals surface area contributed by atoms with Crippen LogP contribution in [0, 0.1) is 6.92 Å². The van der Waals surface area contributed by atoms with Crippen LogP contribution in [0.25, 0.3) is 0 Å². The Balaban J connectivity index is 1.89. The number of ether oxygens (including phenoxy) is 1. The van der Waals surface area contributed by atoms with E-state index in [-0.39, 0.29) is 0 Å². The van der Waals surface area contributed by atoms with E-state index in [2.05, 4.69) is 5.32 Å². The topological polar surface area (TPSA) is 75.7 Å². The molecule has 0 aliphatic carbocycles. The first-order valence-electron chi connectivity index (χ1n) is 9.98. The van der Waals surface area contributed by atoms with E-state index in [9.17, 15) is 13.2 Å². The maximum Gasteiger partial charge on any atom is 0.248 e. The lowest BCUT2D eigenvalue weighted by Gasteiger charge is -2.30. The number of carbonyl (C=O) groups is 1. The maximum atomic E-state index is 13.2. The third kappa shape index (κ3) is 5.64. The molecule has 1 N–H and O–H groups in total. The lowest BCUT2D eigenvalue weighted by Crippen LogP contribution is -2.47. The second-order valence-electron chi connectivity index (χ2n) is 7.22. The van der Waals surface area contributed by atoms with Crippen molar-refractivity contribution in [2.75, 3.05) is 15.9 Å². The quantitative estimate of drug-likeness (QED) is 0.539. The molecule has 0 heterocycles. The lowest BCUT2D eigenvalue weighted by atomic mass is 10.1. The molecule has 0 aliphatic rings. The summed E-state index contributed by atoms with van der Waals surface area (Å²) >= 11 is 0. The Bertz CT molecular complexity index is 1130. The molecule has 31 heavy (non-hydrogen) atoms. The van der Waals surface area contributed by atoms with Gasteiger partial charge in [0.25, 0.3) is 0 Å². The van der Waals surface area contributed by atoms with Crippen LogP contribution in [0.2, 0.25) is 0 Å². The molecule has 6 nitrogen and oxygen atoms in total. The Morgan fingerprint density at radius 1 is 0.968 bits per heavy atom. The van der Waals surface area contributed by atoms with Crippen molar-refractivity contribution < 1.29 is 17.9 Å². The number of para-hydroxylation sites is 3. The van der Waals surface area contributed by atoms with Gasteiger partial charge in [0, 0.05) is 0 Å². The summed E-state index contributed by atoms with van der Waals surface area (Å²) in [5.74, 6) is 0.671. The number of sulfonamides is 1. The highest BCUT2D eigenvalue weighted by molar-refractivity contribution is 7.92. The Morgan fingerprint density at radius 3 is 2.19 bits per heavy atom. The molecule has 0 radical (unpaired) electrons. The molecule has 3 rings (SSSR count). The van der Waals surface area contributed by atoms with Gasteiger partial charge in [-0.15, -0.1) is 0 Å². The molecule has 1 amide bonds. The van der Waals surface area contributed by atoms with E-state index in [4.69, 9.17) is 4.74 Å². The Hall–Kier alpha value is -3.32. The molecule has 0 spiro atoms. The van der Waals surface area contributed by atoms with Crippen molar-refractivity contribution in [1.29, 1.82) is 0 Å². The summed E-state index contributed by atoms with van der Waals surface area (Å²) in [5, 5.41) is 2.85. The van der Waals surface area contributed by atoms with Crippen molar-refractivity contribution in [1.82, 2.24) is 0 Å². The van der Waals surface area contributed by atoms with Crippen molar-refractivity contribution in [2.24, 2.45) is 0 Å². The number of nitrogens with zero attached hydrogens (tertiary/aromatic N) is 1. The largest absolute Gasteiger partial charge is 0.455 e. The van der Waals surface area contributed by atoms with Gasteiger partial charge in [0.05, 0.1) is 17.6 Å². The summed E-state index contributed by atoms with van der Waals surface area (Å²) in [4.78, 5) is 13.2. The van der Waals surface area contributed by atoms with Crippen LogP contribution in [0.5, 0.6) is 11.5 Å². The van der Waals surface area contributed by atoms with Gasteiger partial charge in [0.2, 0.25) is 15.9 Å². The van der Waals surface area contributed by atoms with E-state index < -0.39 is 22.0 Å². The SMILES string of the molecule is CC[C@H](C(=O)Nc1ccccc1Oc1ccccc1)N(c1ccc(C)cc1)S(C)(=O)=O. The molecule has 162 valence electrons. The van der Waals surface area contributed by atoms with Gasteiger partial charge >= 0.3 is 0 Å². The second-order valence-corrected chi connectivity index (χ2v) is 9.08. The number of nitrogens with one attached hydrogen (secondary N) is 1. The zero-order valence-electron chi connectivity index (χ0n) is 17.8. The zero-order valence-corrected chi connectivity index (χ0v) is 18.6. The molecule has 0 aromatic heterocycles. The highest BCUT2D eigenvalue weighted by Crippen LogP contribution is 2.30. The van der Waals surface area contributed by atoms with E-state index in [1.165, 1.54) is 4.31 Å². The first-order chi connectivity index (χ1) is 14.8. The van der Waals surface area contributed by atoms with E-state index in [0.717, 1.165) is 11.8 Å². The predicted molar refractivity (Wildman–Crippen MR) is 124 cm³/mol. The van der Waals surface area contributed by atoms with Crippen molar-refractivity contribution in [2.45, 2.75) is 26.3 Å². The fraction of sp³-hybridized carbons (Fsp3) is 0.208. The van der Waals surface area contributed by atoms with Crippen molar-refractivity contribution in [3.05, 3.63) is 84.4 Å². The van der Waals surface area contributed by atoms with Crippen LogP contribution in [0.4, 0.5) is 11.4 Å². The molecule has 0 fully saturated rings. The minimum Gasteiger partial charge on any atom is -0.455 e. The van der Waals surface area contributed by atoms with Crippen molar-refractivity contribution >= 4 is 27.3 Å². The first-order valence-corrected chi connectivity index (χ1v) is 11.8. The minimum absolute atomic E-state index is 0.300. The van der Waals surface area contributed by atoms with E-state index in [1.54, 1.807) is 43.3 Å². The smallest absolute Gasteiger partial charge is 0.248 e. The molecule has 1 atom stereocenters. The molecule has 0 unspecified atom stereocenters. The average Bonchev–Trinajstić information content (AvgIpc) is 2.74. The summed E-state index contributed by atoms with van der Waals surface area (Å²) in [6, 6.07) is 22.4. The number of hydrogen-bond acceptors (Lipinski definition) is 4. The maximum absolute atomic E-state index is 13.2. The average molecular weight is 439 g/mol. The van der Waals surface area contributed by atoms with Gasteiger partial charge in [0.15, 0.2) is 5.75 Å². The summed E-state index contributed by atoms with van der Waals surface area (Å²) in [6.07, 6.45) is 1.41. The Kier molecular flexibility index (Phi) is 6.97. The highest BCUT2D eigenvalue weighted by atomic mass is 32.2. The van der Waals surface area contributed by atoms with E-state index in [1.807, 2.05) is 49.4 Å². The van der Waals surface area contributed by atoms with Gasteiger partial charge < -0.3 is 10.1 Å². The van der Waals surface area contributed by atoms with Crippen LogP contribution in [-0.2, 0) is 14.8 Å². The highest BCUT2D eigenvalue weighted by Gasteiger charge is 2.31. The number of carbonyl (C=O) groups excluding carboxylic acids is 1. The number of aryl methyl sites for hydroxylation is 1. The predicted octanol–water partition coefficient (Wildman–Crippen LogP) is 4.97. The third-order valence-electron chi connectivity index (χ3n) is 4.73. The molecular formula is C24H26N2O4S. The number of rotatable bonds is 8. The Morgan fingerprint density at radius 2 is 1.58 bits per heavy atom. The Labute approximate surface area is 183 Å². The fourth-order valence-corrected chi connectivity index (χ4v) is 4.45. The van der Waals surface area contributed by atoms with Crippen LogP contribution >= 0.6 is 0 Å². The lowest BCUT2D eigenvalue weighted by molar-refractivity contribution is -0.117. The van der Waals surface area contributed by atoms with Crippen LogP contribution in [0.1, 0.15) is 18.9 Å². The first kappa shape index (κ1) is 22.4. The van der Waals surface area contributed by atoms with Crippen LogP contribution in [-0.4, -0.2) is 26.6 Å². The molecule has 0 aliphatic heterocycles. The second kappa shape index (κ2) is 9.66. The van der Waals surface area contributed by atoms with Gasteiger partial charge in [0.1, 0.15) is 11.8 Å². The van der Waals surface area contributed by atoms with Crippen LogP contribution in [0.3, 0.4) is 0 Å². The molecule has 0 saturated heterocycles. The molecule has 3 aromatic carbocycles. The number of benzene rings is 3. The van der Waals surface area contributed by atoms with Gasteiger partial charge in [-0.3, -0.25) is 9.10 Å². The molecule has 0 saturated carbocycles.